The van der Waals surface area contributed by atoms with Crippen molar-refractivity contribution in [3.8, 4) is 11.6 Å². The molecule has 6 nitrogen and oxygen atoms in total. The van der Waals surface area contributed by atoms with E-state index in [0.29, 0.717) is 28.1 Å². The molecule has 0 saturated carbocycles. The Morgan fingerprint density at radius 3 is 2.64 bits per heavy atom. The highest BCUT2D eigenvalue weighted by atomic mass is 79.9. The van der Waals surface area contributed by atoms with Crippen molar-refractivity contribution in [3.05, 3.63) is 91.6 Å². The first-order valence-electron chi connectivity index (χ1n) is 10.1. The molecule has 0 fully saturated rings. The summed E-state index contributed by atoms with van der Waals surface area (Å²) in [6, 6.07) is 20.7. The van der Waals surface area contributed by atoms with Crippen molar-refractivity contribution in [2.45, 2.75) is 0 Å². The zero-order valence-corrected chi connectivity index (χ0v) is 21.0. The summed E-state index contributed by atoms with van der Waals surface area (Å²) < 4.78 is 9.21. The Morgan fingerprint density at radius 1 is 1.03 bits per heavy atom. The van der Waals surface area contributed by atoms with Crippen LogP contribution in [-0.2, 0) is 0 Å². The lowest BCUT2D eigenvalue weighted by molar-refractivity contribution is 0.616. The van der Waals surface area contributed by atoms with Crippen LogP contribution in [0.2, 0.25) is 0 Å². The van der Waals surface area contributed by atoms with Crippen LogP contribution in [0.1, 0.15) is 5.56 Å². The Bertz CT molecular complexity index is 1600. The molecule has 0 spiro atoms. The van der Waals surface area contributed by atoms with Gasteiger partial charge < -0.3 is 9.32 Å². The van der Waals surface area contributed by atoms with Gasteiger partial charge in [-0.05, 0) is 70.0 Å². The molecule has 33 heavy (non-hydrogen) atoms. The molecule has 164 valence electrons. The molecule has 3 aromatic carbocycles. The summed E-state index contributed by atoms with van der Waals surface area (Å²) in [7, 11) is 3.96. The van der Waals surface area contributed by atoms with E-state index in [0.717, 1.165) is 25.6 Å². The molecule has 0 atom stereocenters. The van der Waals surface area contributed by atoms with Gasteiger partial charge in [-0.15, -0.1) is 0 Å². The summed E-state index contributed by atoms with van der Waals surface area (Å²) >= 11 is 7.08. The van der Waals surface area contributed by atoms with Crippen molar-refractivity contribution in [3.63, 3.8) is 0 Å². The summed E-state index contributed by atoms with van der Waals surface area (Å²) in [4.78, 5) is 20.1. The Balaban J connectivity index is 1.68. The number of hydrogen-bond acceptors (Lipinski definition) is 5. The van der Waals surface area contributed by atoms with E-state index in [9.17, 15) is 4.79 Å². The number of fused-ring (bicyclic) bond motifs is 2. The van der Waals surface area contributed by atoms with Crippen LogP contribution in [0.5, 0.6) is 0 Å². The maximum absolute atomic E-state index is 13.4. The van der Waals surface area contributed by atoms with Crippen molar-refractivity contribution in [2.24, 2.45) is 5.10 Å². The molecular weight excluding hydrogens is 548 g/mol. The largest absolute Gasteiger partial charge is 0.453 e. The number of nitrogens with zero attached hydrogens (tertiary/aromatic N) is 4. The van der Waals surface area contributed by atoms with Crippen molar-refractivity contribution in [1.82, 2.24) is 9.66 Å². The number of hydrogen-bond donors (Lipinski definition) is 0. The minimum absolute atomic E-state index is 0.266. The molecule has 0 unspecified atom stereocenters. The quantitative estimate of drug-likeness (QED) is 0.240. The van der Waals surface area contributed by atoms with Crippen LogP contribution in [0.15, 0.2) is 90.0 Å². The Kier molecular flexibility index (Phi) is 5.64. The van der Waals surface area contributed by atoms with Crippen LogP contribution in [0.3, 0.4) is 0 Å². The van der Waals surface area contributed by atoms with Crippen molar-refractivity contribution >= 4 is 65.6 Å². The first-order chi connectivity index (χ1) is 15.9. The zero-order chi connectivity index (χ0) is 23.1. The first-order valence-corrected chi connectivity index (χ1v) is 11.7. The fourth-order valence-electron chi connectivity index (χ4n) is 3.61. The van der Waals surface area contributed by atoms with E-state index in [2.05, 4.69) is 37.0 Å². The first kappa shape index (κ1) is 21.6. The van der Waals surface area contributed by atoms with Gasteiger partial charge in [-0.1, -0.05) is 34.1 Å². The van der Waals surface area contributed by atoms with E-state index in [4.69, 9.17) is 9.40 Å². The van der Waals surface area contributed by atoms with Crippen LogP contribution >= 0.6 is 31.9 Å². The van der Waals surface area contributed by atoms with E-state index in [1.165, 1.54) is 4.68 Å². The molecule has 0 aliphatic heterocycles. The molecule has 2 aromatic heterocycles. The second-order valence-electron chi connectivity index (χ2n) is 7.71. The third kappa shape index (κ3) is 4.12. The van der Waals surface area contributed by atoms with Crippen LogP contribution < -0.4 is 10.5 Å². The monoisotopic (exact) mass is 564 g/mol. The van der Waals surface area contributed by atoms with E-state index >= 15 is 0 Å². The number of furan rings is 1. The van der Waals surface area contributed by atoms with Crippen LogP contribution in [0.4, 0.5) is 5.69 Å². The molecule has 5 rings (SSSR count). The average Bonchev–Trinajstić information content (AvgIpc) is 3.21. The molecule has 0 amide bonds. The standard InChI is InChI=1S/C25H18Br2N4O2/c1-30(2)21-9-7-15(11-19(21)27)14-28-31-24(29-20-6-4-3-5-18(20)25(31)32)23-13-16-12-17(26)8-10-22(16)33-23/h3-14H,1-2H3. The highest BCUT2D eigenvalue weighted by Crippen LogP contribution is 2.29. The second-order valence-corrected chi connectivity index (χ2v) is 9.48. The molecular formula is C25H18Br2N4O2. The molecule has 5 aromatic rings. The van der Waals surface area contributed by atoms with Gasteiger partial charge in [0.2, 0.25) is 5.82 Å². The summed E-state index contributed by atoms with van der Waals surface area (Å²) in [6.45, 7) is 0. The van der Waals surface area contributed by atoms with Gasteiger partial charge in [0.05, 0.1) is 22.8 Å². The third-order valence-electron chi connectivity index (χ3n) is 5.23. The van der Waals surface area contributed by atoms with Crippen LogP contribution in [0.25, 0.3) is 33.5 Å². The van der Waals surface area contributed by atoms with Crippen LogP contribution in [-0.4, -0.2) is 30.0 Å². The Morgan fingerprint density at radius 2 is 1.85 bits per heavy atom. The molecule has 8 heteroatoms. The predicted molar refractivity (Wildman–Crippen MR) is 140 cm³/mol. The highest BCUT2D eigenvalue weighted by molar-refractivity contribution is 9.10. The van der Waals surface area contributed by atoms with Crippen molar-refractivity contribution < 1.29 is 4.42 Å². The number of benzene rings is 3. The average molecular weight is 566 g/mol. The molecule has 0 aliphatic rings. The zero-order valence-electron chi connectivity index (χ0n) is 17.8. The fourth-order valence-corrected chi connectivity index (χ4v) is 4.74. The minimum atomic E-state index is -0.266. The lowest BCUT2D eigenvalue weighted by Gasteiger charge is -2.14. The van der Waals surface area contributed by atoms with Gasteiger partial charge in [0.25, 0.3) is 5.56 Å². The normalized spacial score (nSPS) is 11.6. The van der Waals surface area contributed by atoms with Gasteiger partial charge in [0, 0.05) is 28.4 Å². The lowest BCUT2D eigenvalue weighted by Crippen LogP contribution is -2.20. The van der Waals surface area contributed by atoms with Gasteiger partial charge in [0.1, 0.15) is 5.58 Å². The highest BCUT2D eigenvalue weighted by Gasteiger charge is 2.16. The minimum Gasteiger partial charge on any atom is -0.453 e. The summed E-state index contributed by atoms with van der Waals surface area (Å²) in [5.41, 5.74) is 2.91. The molecule has 0 bridgehead atoms. The van der Waals surface area contributed by atoms with Gasteiger partial charge in [0.15, 0.2) is 5.76 Å². The number of halogens is 2. The van der Waals surface area contributed by atoms with E-state index < -0.39 is 0 Å². The van der Waals surface area contributed by atoms with E-state index in [1.54, 1.807) is 12.3 Å². The summed E-state index contributed by atoms with van der Waals surface area (Å²) in [6.07, 6.45) is 1.64. The third-order valence-corrected chi connectivity index (χ3v) is 6.36. The van der Waals surface area contributed by atoms with Gasteiger partial charge in [-0.25, -0.2) is 4.98 Å². The Labute approximate surface area is 206 Å². The number of anilines is 1. The SMILES string of the molecule is CN(C)c1ccc(C=Nn2c(-c3cc4cc(Br)ccc4o3)nc3ccccc3c2=O)cc1Br. The van der Waals surface area contributed by atoms with Gasteiger partial charge in [-0.2, -0.15) is 9.78 Å². The Hall–Kier alpha value is -3.23. The molecule has 2 heterocycles. The predicted octanol–water partition coefficient (Wildman–Crippen LogP) is 6.28. The topological polar surface area (TPSA) is 63.6 Å². The molecule has 0 radical (unpaired) electrons. The molecule has 0 saturated heterocycles. The van der Waals surface area contributed by atoms with Gasteiger partial charge in [-0.3, -0.25) is 4.79 Å². The number of aromatic nitrogens is 2. The maximum atomic E-state index is 13.4. The van der Waals surface area contributed by atoms with Crippen molar-refractivity contribution in [2.75, 3.05) is 19.0 Å². The summed E-state index contributed by atoms with van der Waals surface area (Å²) in [5, 5.41) is 5.91. The maximum Gasteiger partial charge on any atom is 0.282 e. The van der Waals surface area contributed by atoms with Crippen LogP contribution in [0, 0.1) is 0 Å². The lowest BCUT2D eigenvalue weighted by atomic mass is 10.2. The van der Waals surface area contributed by atoms with Crippen molar-refractivity contribution in [1.29, 1.82) is 0 Å². The summed E-state index contributed by atoms with van der Waals surface area (Å²) in [5.74, 6) is 0.804. The second kappa shape index (κ2) is 8.61. The molecule has 0 N–H and O–H groups in total. The van der Waals surface area contributed by atoms with E-state index in [-0.39, 0.29) is 5.56 Å². The van der Waals surface area contributed by atoms with Gasteiger partial charge >= 0.3 is 0 Å². The van der Waals surface area contributed by atoms with E-state index in [1.807, 2.05) is 79.7 Å². The molecule has 0 aliphatic carbocycles. The smallest absolute Gasteiger partial charge is 0.282 e. The number of rotatable bonds is 4. The number of para-hydroxylation sites is 1. The fraction of sp³-hybridized carbons (Fsp3) is 0.0800.